The zero-order valence-corrected chi connectivity index (χ0v) is 21.8. The van der Waals surface area contributed by atoms with Gasteiger partial charge in [-0.1, -0.05) is 61.5 Å². The standard InChI is InChI=1S/C28H33N3O4S/c1-4-20(2)29-28(33)21(3)30(19-22-11-6-5-7-12-22)26(32)17-10-18-31-24-15-8-13-23-14-9-16-25(27(23)24)36(31,34)35/h5-9,11-16,20-21H,4,10,17-19H2,1-3H3,(H,29,33)/t20-,21+/m0/s1. The molecule has 0 aromatic heterocycles. The van der Waals surface area contributed by atoms with E-state index >= 15 is 0 Å². The second kappa shape index (κ2) is 10.7. The van der Waals surface area contributed by atoms with Gasteiger partial charge in [-0.25, -0.2) is 8.42 Å². The number of nitrogens with one attached hydrogen (secondary N) is 1. The number of rotatable bonds is 10. The van der Waals surface area contributed by atoms with E-state index in [-0.39, 0.29) is 30.8 Å². The summed E-state index contributed by atoms with van der Waals surface area (Å²) in [7, 11) is -3.67. The van der Waals surface area contributed by atoms with Gasteiger partial charge in [0.25, 0.3) is 10.0 Å². The van der Waals surface area contributed by atoms with Gasteiger partial charge in [0, 0.05) is 30.9 Å². The van der Waals surface area contributed by atoms with E-state index in [9.17, 15) is 18.0 Å². The minimum Gasteiger partial charge on any atom is -0.352 e. The Hall–Kier alpha value is -3.39. The summed E-state index contributed by atoms with van der Waals surface area (Å²) in [6, 6.07) is 19.8. The smallest absolute Gasteiger partial charge is 0.265 e. The Kier molecular flexibility index (Phi) is 7.64. The number of carbonyl (C=O) groups is 2. The number of anilines is 1. The van der Waals surface area contributed by atoms with Crippen LogP contribution in [0.3, 0.4) is 0 Å². The van der Waals surface area contributed by atoms with Gasteiger partial charge >= 0.3 is 0 Å². The van der Waals surface area contributed by atoms with Crippen molar-refractivity contribution < 1.29 is 18.0 Å². The zero-order valence-electron chi connectivity index (χ0n) is 21.0. The largest absolute Gasteiger partial charge is 0.352 e. The average molecular weight is 508 g/mol. The molecule has 8 heteroatoms. The molecule has 1 N–H and O–H groups in total. The molecular formula is C28H33N3O4S. The minimum absolute atomic E-state index is 0.0124. The third-order valence-electron chi connectivity index (χ3n) is 6.80. The Morgan fingerprint density at radius 3 is 2.36 bits per heavy atom. The zero-order chi connectivity index (χ0) is 25.9. The molecule has 7 nitrogen and oxygen atoms in total. The highest BCUT2D eigenvalue weighted by atomic mass is 32.2. The molecule has 1 heterocycles. The summed E-state index contributed by atoms with van der Waals surface area (Å²) in [4.78, 5) is 28.1. The SMILES string of the molecule is CC[C@H](C)NC(=O)[C@@H](C)N(Cc1ccccc1)C(=O)CCCN1c2cccc3cccc(c23)S1(=O)=O. The summed E-state index contributed by atoms with van der Waals surface area (Å²) >= 11 is 0. The van der Waals surface area contributed by atoms with E-state index in [2.05, 4.69) is 5.32 Å². The van der Waals surface area contributed by atoms with Crippen molar-refractivity contribution in [1.29, 1.82) is 0 Å². The van der Waals surface area contributed by atoms with E-state index in [1.54, 1.807) is 30.0 Å². The first kappa shape index (κ1) is 25.7. The van der Waals surface area contributed by atoms with Crippen LogP contribution >= 0.6 is 0 Å². The lowest BCUT2D eigenvalue weighted by Gasteiger charge is -2.30. The van der Waals surface area contributed by atoms with Crippen LogP contribution in [0.15, 0.2) is 71.6 Å². The van der Waals surface area contributed by atoms with Crippen molar-refractivity contribution in [3.63, 3.8) is 0 Å². The minimum atomic E-state index is -3.67. The molecule has 190 valence electrons. The van der Waals surface area contributed by atoms with Crippen LogP contribution in [0.4, 0.5) is 5.69 Å². The molecule has 0 radical (unpaired) electrons. The Bertz CT molecular complexity index is 1350. The van der Waals surface area contributed by atoms with E-state index in [1.807, 2.05) is 62.4 Å². The monoisotopic (exact) mass is 507 g/mol. The highest BCUT2D eigenvalue weighted by Gasteiger charge is 2.35. The molecule has 4 rings (SSSR count). The van der Waals surface area contributed by atoms with Gasteiger partial charge in [0.05, 0.1) is 10.6 Å². The third kappa shape index (κ3) is 5.09. The van der Waals surface area contributed by atoms with Crippen LogP contribution < -0.4 is 9.62 Å². The van der Waals surface area contributed by atoms with Crippen molar-refractivity contribution in [3.8, 4) is 0 Å². The molecule has 3 aromatic rings. The molecular weight excluding hydrogens is 474 g/mol. The van der Waals surface area contributed by atoms with Crippen LogP contribution in [0.2, 0.25) is 0 Å². The lowest BCUT2D eigenvalue weighted by Crippen LogP contribution is -2.49. The van der Waals surface area contributed by atoms with Gasteiger partial charge in [-0.3, -0.25) is 13.9 Å². The first-order valence-electron chi connectivity index (χ1n) is 12.4. The molecule has 0 bridgehead atoms. The maximum atomic E-state index is 13.4. The van der Waals surface area contributed by atoms with E-state index in [4.69, 9.17) is 0 Å². The number of nitrogens with zero attached hydrogens (tertiary/aromatic N) is 2. The predicted molar refractivity (Wildman–Crippen MR) is 142 cm³/mol. The summed E-state index contributed by atoms with van der Waals surface area (Å²) in [6.07, 6.45) is 1.27. The van der Waals surface area contributed by atoms with Gasteiger partial charge < -0.3 is 10.2 Å². The van der Waals surface area contributed by atoms with E-state index in [1.165, 1.54) is 4.31 Å². The summed E-state index contributed by atoms with van der Waals surface area (Å²) in [5.74, 6) is -0.379. The highest BCUT2D eigenvalue weighted by Crippen LogP contribution is 2.42. The van der Waals surface area contributed by atoms with Gasteiger partial charge in [0.15, 0.2) is 0 Å². The van der Waals surface area contributed by atoms with Crippen molar-refractivity contribution in [2.24, 2.45) is 0 Å². The Morgan fingerprint density at radius 2 is 1.67 bits per heavy atom. The quantitative estimate of drug-likeness (QED) is 0.439. The second-order valence-corrected chi connectivity index (χ2v) is 11.1. The number of carbonyl (C=O) groups excluding carboxylic acids is 2. The first-order valence-corrected chi connectivity index (χ1v) is 13.9. The lowest BCUT2D eigenvalue weighted by molar-refractivity contribution is -0.140. The summed E-state index contributed by atoms with van der Waals surface area (Å²) in [5.41, 5.74) is 1.58. The van der Waals surface area contributed by atoms with Gasteiger partial charge in [-0.15, -0.1) is 0 Å². The van der Waals surface area contributed by atoms with Crippen LogP contribution in [-0.2, 0) is 26.2 Å². The number of amides is 2. The van der Waals surface area contributed by atoms with E-state index in [0.29, 0.717) is 23.5 Å². The first-order chi connectivity index (χ1) is 17.2. The number of hydrogen-bond donors (Lipinski definition) is 1. The molecule has 0 unspecified atom stereocenters. The molecule has 3 aromatic carbocycles. The fourth-order valence-electron chi connectivity index (χ4n) is 4.54. The van der Waals surface area contributed by atoms with Crippen molar-refractivity contribution in [3.05, 3.63) is 72.3 Å². The van der Waals surface area contributed by atoms with Crippen LogP contribution in [0.25, 0.3) is 10.8 Å². The van der Waals surface area contributed by atoms with Crippen molar-refractivity contribution in [1.82, 2.24) is 10.2 Å². The molecule has 2 amide bonds. The summed E-state index contributed by atoms with van der Waals surface area (Å²) in [5, 5.41) is 4.57. The molecule has 0 saturated heterocycles. The van der Waals surface area contributed by atoms with Gasteiger partial charge in [0.1, 0.15) is 6.04 Å². The normalized spacial score (nSPS) is 15.5. The molecule has 0 spiro atoms. The molecule has 1 aliphatic rings. The number of sulfonamides is 1. The maximum Gasteiger partial charge on any atom is 0.265 e. The lowest BCUT2D eigenvalue weighted by atomic mass is 10.1. The van der Waals surface area contributed by atoms with Crippen molar-refractivity contribution >= 4 is 38.3 Å². The molecule has 36 heavy (non-hydrogen) atoms. The van der Waals surface area contributed by atoms with Gasteiger partial charge in [-0.05, 0) is 49.8 Å². The summed E-state index contributed by atoms with van der Waals surface area (Å²) in [6.45, 7) is 6.16. The van der Waals surface area contributed by atoms with Crippen LogP contribution in [0.5, 0.6) is 0 Å². The number of benzene rings is 3. The molecule has 1 aliphatic heterocycles. The van der Waals surface area contributed by atoms with Gasteiger partial charge in [-0.2, -0.15) is 0 Å². The van der Waals surface area contributed by atoms with Crippen LogP contribution in [-0.4, -0.2) is 43.8 Å². The molecule has 0 saturated carbocycles. The fourth-order valence-corrected chi connectivity index (χ4v) is 6.29. The average Bonchev–Trinajstić information content (AvgIpc) is 3.10. The predicted octanol–water partition coefficient (Wildman–Crippen LogP) is 4.46. The summed E-state index contributed by atoms with van der Waals surface area (Å²) < 4.78 is 27.8. The maximum absolute atomic E-state index is 13.4. The topological polar surface area (TPSA) is 86.8 Å². The van der Waals surface area contributed by atoms with Crippen LogP contribution in [0.1, 0.15) is 45.6 Å². The van der Waals surface area contributed by atoms with E-state index in [0.717, 1.165) is 22.8 Å². The van der Waals surface area contributed by atoms with Crippen molar-refractivity contribution in [2.45, 2.75) is 63.6 Å². The third-order valence-corrected chi connectivity index (χ3v) is 8.65. The van der Waals surface area contributed by atoms with Gasteiger partial charge in [0.2, 0.25) is 11.8 Å². The second-order valence-electron chi connectivity index (χ2n) is 9.31. The molecule has 0 fully saturated rings. The highest BCUT2D eigenvalue weighted by molar-refractivity contribution is 7.93. The Morgan fingerprint density at radius 1 is 0.972 bits per heavy atom. The molecule has 2 atom stereocenters. The molecule has 0 aliphatic carbocycles. The van der Waals surface area contributed by atoms with Crippen molar-refractivity contribution in [2.75, 3.05) is 10.8 Å². The Labute approximate surface area is 213 Å². The fraction of sp³-hybridized carbons (Fsp3) is 0.357. The van der Waals surface area contributed by atoms with E-state index < -0.39 is 16.1 Å². The van der Waals surface area contributed by atoms with Crippen LogP contribution in [0, 0.1) is 0 Å². The number of hydrogen-bond acceptors (Lipinski definition) is 4. The Balaban J connectivity index is 1.48.